The molecule has 112 valence electrons. The molecule has 0 aromatic heterocycles. The van der Waals surface area contributed by atoms with E-state index >= 15 is 0 Å². The quantitative estimate of drug-likeness (QED) is 0.695. The van der Waals surface area contributed by atoms with Crippen molar-refractivity contribution < 1.29 is 0 Å². The Kier molecular flexibility index (Phi) is 6.84. The summed E-state index contributed by atoms with van der Waals surface area (Å²) in [6.07, 6.45) is 1.18. The van der Waals surface area contributed by atoms with Crippen molar-refractivity contribution in [1.82, 2.24) is 4.90 Å². The molecule has 2 aromatic carbocycles. The summed E-state index contributed by atoms with van der Waals surface area (Å²) in [5.41, 5.74) is 2.75. The van der Waals surface area contributed by atoms with Crippen molar-refractivity contribution in [1.29, 1.82) is 0 Å². The molecule has 0 N–H and O–H groups in total. The second-order valence-corrected chi connectivity index (χ2v) is 5.96. The number of rotatable bonds is 8. The molecule has 1 atom stereocenters. The van der Waals surface area contributed by atoms with Gasteiger partial charge in [-0.25, -0.2) is 0 Å². The van der Waals surface area contributed by atoms with Gasteiger partial charge in [-0.05, 0) is 22.8 Å². The van der Waals surface area contributed by atoms with Crippen molar-refractivity contribution in [2.75, 3.05) is 12.3 Å². The molecule has 1 nitrogen and oxygen atoms in total. The van der Waals surface area contributed by atoms with Gasteiger partial charge in [0.15, 0.2) is 0 Å². The van der Waals surface area contributed by atoms with E-state index in [0.29, 0.717) is 5.92 Å². The van der Waals surface area contributed by atoms with Gasteiger partial charge in [0.2, 0.25) is 0 Å². The topological polar surface area (TPSA) is 3.24 Å². The Bertz CT molecular complexity index is 452. The number of thiol groups is 1. The maximum atomic E-state index is 4.50. The van der Waals surface area contributed by atoms with Crippen LogP contribution in [0.3, 0.4) is 0 Å². The van der Waals surface area contributed by atoms with Gasteiger partial charge in [0.25, 0.3) is 0 Å². The van der Waals surface area contributed by atoms with Gasteiger partial charge in [-0.2, -0.15) is 12.6 Å². The summed E-state index contributed by atoms with van der Waals surface area (Å²) in [5.74, 6) is 1.61. The molecule has 0 saturated carbocycles. The number of hydrogen-bond acceptors (Lipinski definition) is 2. The average molecular weight is 299 g/mol. The molecule has 0 saturated heterocycles. The first kappa shape index (κ1) is 16.1. The van der Waals surface area contributed by atoms with Crippen molar-refractivity contribution in [2.45, 2.75) is 26.4 Å². The summed E-state index contributed by atoms with van der Waals surface area (Å²) in [5, 5.41) is 0. The summed E-state index contributed by atoms with van der Waals surface area (Å²) in [6.45, 7) is 5.36. The fraction of sp³-hybridized carbons (Fsp3) is 0.368. The molecule has 1 unspecified atom stereocenters. The predicted octanol–water partition coefficient (Wildman–Crippen LogP) is 4.64. The van der Waals surface area contributed by atoms with Crippen LogP contribution in [0.1, 0.15) is 24.5 Å². The first-order valence-electron chi connectivity index (χ1n) is 7.73. The lowest BCUT2D eigenvalue weighted by molar-refractivity contribution is 0.220. The van der Waals surface area contributed by atoms with Crippen molar-refractivity contribution in [3.63, 3.8) is 0 Å². The van der Waals surface area contributed by atoms with Crippen LogP contribution in [0.4, 0.5) is 0 Å². The van der Waals surface area contributed by atoms with E-state index in [9.17, 15) is 0 Å². The first-order valence-corrected chi connectivity index (χ1v) is 8.36. The third kappa shape index (κ3) is 5.56. The van der Waals surface area contributed by atoms with E-state index in [1.165, 1.54) is 17.5 Å². The van der Waals surface area contributed by atoms with Crippen LogP contribution in [0.15, 0.2) is 60.7 Å². The van der Waals surface area contributed by atoms with Crippen molar-refractivity contribution >= 4 is 12.6 Å². The van der Waals surface area contributed by atoms with Crippen LogP contribution in [-0.2, 0) is 13.1 Å². The van der Waals surface area contributed by atoms with Crippen molar-refractivity contribution in [3.8, 4) is 0 Å². The van der Waals surface area contributed by atoms with Gasteiger partial charge in [0.05, 0.1) is 0 Å². The molecule has 2 heteroatoms. The number of nitrogens with zero attached hydrogens (tertiary/aromatic N) is 1. The lowest BCUT2D eigenvalue weighted by Gasteiger charge is -2.26. The number of hydrogen-bond donors (Lipinski definition) is 1. The molecule has 0 aliphatic heterocycles. The lowest BCUT2D eigenvalue weighted by atomic mass is 10.1. The largest absolute Gasteiger partial charge is 0.295 e. The van der Waals surface area contributed by atoms with Crippen molar-refractivity contribution in [3.05, 3.63) is 71.8 Å². The highest BCUT2D eigenvalue weighted by Crippen LogP contribution is 2.14. The Labute approximate surface area is 134 Å². The highest BCUT2D eigenvalue weighted by Gasteiger charge is 2.12. The van der Waals surface area contributed by atoms with Crippen LogP contribution in [0.2, 0.25) is 0 Å². The van der Waals surface area contributed by atoms with Gasteiger partial charge in [0, 0.05) is 19.6 Å². The number of benzene rings is 2. The van der Waals surface area contributed by atoms with Gasteiger partial charge in [-0.1, -0.05) is 74.0 Å². The van der Waals surface area contributed by atoms with Crippen LogP contribution in [0.5, 0.6) is 0 Å². The van der Waals surface area contributed by atoms with Crippen LogP contribution in [0, 0.1) is 5.92 Å². The predicted molar refractivity (Wildman–Crippen MR) is 94.6 cm³/mol. The molecule has 21 heavy (non-hydrogen) atoms. The van der Waals surface area contributed by atoms with Gasteiger partial charge >= 0.3 is 0 Å². The summed E-state index contributed by atoms with van der Waals surface area (Å²) >= 11 is 4.50. The Balaban J connectivity index is 2.06. The zero-order chi connectivity index (χ0) is 14.9. The standard InChI is InChI=1S/C19H25NS/c1-2-17(16-21)13-20(14-18-9-5-3-6-10-18)15-19-11-7-4-8-12-19/h3-12,17,21H,2,13-16H2,1H3. The van der Waals surface area contributed by atoms with Gasteiger partial charge in [-0.3, -0.25) is 4.90 Å². The van der Waals surface area contributed by atoms with E-state index in [2.05, 4.69) is 85.1 Å². The molecule has 0 amide bonds. The maximum absolute atomic E-state index is 4.50. The fourth-order valence-corrected chi connectivity index (χ4v) is 2.92. The summed E-state index contributed by atoms with van der Waals surface area (Å²) < 4.78 is 0. The molecule has 0 aliphatic rings. The molecular formula is C19H25NS. The minimum absolute atomic E-state index is 0.653. The summed E-state index contributed by atoms with van der Waals surface area (Å²) in [6, 6.07) is 21.5. The smallest absolute Gasteiger partial charge is 0.0237 e. The molecule has 0 bridgehead atoms. The van der Waals surface area contributed by atoms with Gasteiger partial charge < -0.3 is 0 Å². The highest BCUT2D eigenvalue weighted by molar-refractivity contribution is 7.80. The normalized spacial score (nSPS) is 12.5. The third-order valence-electron chi connectivity index (χ3n) is 3.85. The van der Waals surface area contributed by atoms with Crippen LogP contribution in [0.25, 0.3) is 0 Å². The van der Waals surface area contributed by atoms with Crippen LogP contribution < -0.4 is 0 Å². The average Bonchev–Trinajstić information content (AvgIpc) is 2.54. The molecule has 0 fully saturated rings. The second kappa shape index (κ2) is 8.91. The van der Waals surface area contributed by atoms with E-state index in [0.717, 1.165) is 25.4 Å². The summed E-state index contributed by atoms with van der Waals surface area (Å²) in [7, 11) is 0. The van der Waals surface area contributed by atoms with E-state index < -0.39 is 0 Å². The Hall–Kier alpha value is -1.25. The molecular weight excluding hydrogens is 274 g/mol. The molecule has 0 spiro atoms. The van der Waals surface area contributed by atoms with Crippen LogP contribution in [-0.4, -0.2) is 17.2 Å². The SMILES string of the molecule is CCC(CS)CN(Cc1ccccc1)Cc1ccccc1. The monoisotopic (exact) mass is 299 g/mol. The zero-order valence-corrected chi connectivity index (χ0v) is 13.7. The first-order chi connectivity index (χ1) is 10.3. The Morgan fingerprint density at radius 1 is 0.857 bits per heavy atom. The Morgan fingerprint density at radius 3 is 1.71 bits per heavy atom. The zero-order valence-electron chi connectivity index (χ0n) is 12.8. The van der Waals surface area contributed by atoms with Gasteiger partial charge in [0.1, 0.15) is 0 Å². The highest BCUT2D eigenvalue weighted by atomic mass is 32.1. The third-order valence-corrected chi connectivity index (χ3v) is 4.37. The molecule has 2 rings (SSSR count). The Morgan fingerprint density at radius 2 is 1.33 bits per heavy atom. The minimum atomic E-state index is 0.653. The lowest BCUT2D eigenvalue weighted by Crippen LogP contribution is -2.29. The van der Waals surface area contributed by atoms with E-state index in [1.54, 1.807) is 0 Å². The van der Waals surface area contributed by atoms with E-state index in [1.807, 2.05) is 0 Å². The van der Waals surface area contributed by atoms with Crippen molar-refractivity contribution in [2.24, 2.45) is 5.92 Å². The maximum Gasteiger partial charge on any atom is 0.0237 e. The van der Waals surface area contributed by atoms with Crippen LogP contribution >= 0.6 is 12.6 Å². The van der Waals surface area contributed by atoms with Gasteiger partial charge in [-0.15, -0.1) is 0 Å². The minimum Gasteiger partial charge on any atom is -0.295 e. The molecule has 2 aromatic rings. The van der Waals surface area contributed by atoms with E-state index in [-0.39, 0.29) is 0 Å². The summed E-state index contributed by atoms with van der Waals surface area (Å²) in [4.78, 5) is 2.54. The molecule has 0 aliphatic carbocycles. The fourth-order valence-electron chi connectivity index (χ4n) is 2.55. The molecule has 0 heterocycles. The second-order valence-electron chi connectivity index (χ2n) is 5.60. The molecule has 0 radical (unpaired) electrons. The van der Waals surface area contributed by atoms with E-state index in [4.69, 9.17) is 0 Å².